The Morgan fingerprint density at radius 3 is 2.71 bits per heavy atom. The molecule has 102 valence electrons. The first-order valence-electron chi connectivity index (χ1n) is 6.44. The van der Waals surface area contributed by atoms with Gasteiger partial charge in [0, 0.05) is 17.4 Å². The van der Waals surface area contributed by atoms with Crippen molar-refractivity contribution in [2.24, 2.45) is 0 Å². The molecule has 1 aromatic heterocycles. The Kier molecular flexibility index (Phi) is 3.76. The number of halogens is 1. The molecule has 0 aliphatic carbocycles. The van der Waals surface area contributed by atoms with Gasteiger partial charge in [-0.3, -0.25) is 0 Å². The van der Waals surface area contributed by atoms with Crippen LogP contribution >= 0.6 is 11.3 Å². The van der Waals surface area contributed by atoms with E-state index in [4.69, 9.17) is 5.26 Å². The van der Waals surface area contributed by atoms with E-state index in [9.17, 15) is 4.39 Å². The Hall–Kier alpha value is -2.51. The van der Waals surface area contributed by atoms with E-state index in [2.05, 4.69) is 11.1 Å². The van der Waals surface area contributed by atoms with Crippen LogP contribution in [-0.2, 0) is 6.42 Å². The van der Waals surface area contributed by atoms with E-state index < -0.39 is 0 Å². The molecule has 0 spiro atoms. The molecule has 0 unspecified atom stereocenters. The van der Waals surface area contributed by atoms with Crippen molar-refractivity contribution < 1.29 is 4.39 Å². The van der Waals surface area contributed by atoms with Gasteiger partial charge in [-0.25, -0.2) is 9.37 Å². The van der Waals surface area contributed by atoms with Crippen LogP contribution in [0.15, 0.2) is 53.9 Å². The molecular weight excluding hydrogens is 283 g/mol. The van der Waals surface area contributed by atoms with Gasteiger partial charge in [-0.15, -0.1) is 11.3 Å². The monoisotopic (exact) mass is 294 g/mol. The van der Waals surface area contributed by atoms with E-state index in [0.29, 0.717) is 12.0 Å². The number of nitrogens with zero attached hydrogens (tertiary/aromatic N) is 2. The summed E-state index contributed by atoms with van der Waals surface area (Å²) >= 11 is 1.57. The summed E-state index contributed by atoms with van der Waals surface area (Å²) in [7, 11) is 0. The van der Waals surface area contributed by atoms with Gasteiger partial charge in [-0.1, -0.05) is 24.3 Å². The summed E-state index contributed by atoms with van der Waals surface area (Å²) in [4.78, 5) is 4.59. The molecule has 1 heterocycles. The first-order valence-corrected chi connectivity index (χ1v) is 7.32. The van der Waals surface area contributed by atoms with E-state index in [1.807, 2.05) is 23.6 Å². The molecule has 0 bridgehead atoms. The molecule has 0 radical (unpaired) electrons. The zero-order valence-corrected chi connectivity index (χ0v) is 11.9. The van der Waals surface area contributed by atoms with Crippen molar-refractivity contribution in [3.8, 4) is 17.3 Å². The van der Waals surface area contributed by atoms with Gasteiger partial charge in [0.25, 0.3) is 0 Å². The van der Waals surface area contributed by atoms with Crippen molar-refractivity contribution in [2.45, 2.75) is 6.42 Å². The van der Waals surface area contributed by atoms with E-state index in [1.165, 1.54) is 12.1 Å². The molecule has 0 saturated heterocycles. The minimum Gasteiger partial charge on any atom is -0.241 e. The van der Waals surface area contributed by atoms with Crippen molar-refractivity contribution in [3.63, 3.8) is 0 Å². The number of hydrogen-bond acceptors (Lipinski definition) is 3. The van der Waals surface area contributed by atoms with E-state index in [0.717, 1.165) is 21.8 Å². The Morgan fingerprint density at radius 2 is 1.95 bits per heavy atom. The molecule has 0 N–H and O–H groups in total. The molecule has 3 aromatic rings. The normalized spacial score (nSPS) is 10.3. The van der Waals surface area contributed by atoms with Crippen LogP contribution in [0.25, 0.3) is 11.3 Å². The van der Waals surface area contributed by atoms with Crippen molar-refractivity contribution in [1.29, 1.82) is 5.26 Å². The lowest BCUT2D eigenvalue weighted by Crippen LogP contribution is -1.88. The second-order valence-corrected chi connectivity index (χ2v) is 5.56. The summed E-state index contributed by atoms with van der Waals surface area (Å²) < 4.78 is 12.9. The van der Waals surface area contributed by atoms with Gasteiger partial charge >= 0.3 is 0 Å². The predicted octanol–water partition coefficient (Wildman–Crippen LogP) is 4.41. The van der Waals surface area contributed by atoms with Crippen LogP contribution < -0.4 is 0 Å². The summed E-state index contributed by atoms with van der Waals surface area (Å²) in [6.45, 7) is 0. The quantitative estimate of drug-likeness (QED) is 0.717. The Morgan fingerprint density at radius 1 is 1.14 bits per heavy atom. The molecular formula is C17H11FN2S. The van der Waals surface area contributed by atoms with Crippen LogP contribution in [0.3, 0.4) is 0 Å². The van der Waals surface area contributed by atoms with Gasteiger partial charge in [-0.05, 0) is 29.8 Å². The molecule has 2 nitrogen and oxygen atoms in total. The largest absolute Gasteiger partial charge is 0.241 e. The summed E-state index contributed by atoms with van der Waals surface area (Å²) in [6.07, 6.45) is 0.683. The number of thiazole rings is 1. The minimum atomic E-state index is -0.230. The van der Waals surface area contributed by atoms with Gasteiger partial charge in [0.05, 0.1) is 22.3 Å². The lowest BCUT2D eigenvalue weighted by atomic mass is 10.1. The van der Waals surface area contributed by atoms with Crippen LogP contribution in [0.4, 0.5) is 4.39 Å². The summed E-state index contributed by atoms with van der Waals surface area (Å²) in [6, 6.07) is 16.0. The fraction of sp³-hybridized carbons (Fsp3) is 0.0588. The maximum Gasteiger partial charge on any atom is 0.123 e. The van der Waals surface area contributed by atoms with Crippen LogP contribution in [-0.4, -0.2) is 4.98 Å². The average Bonchev–Trinajstić information content (AvgIpc) is 2.98. The molecule has 0 saturated carbocycles. The third kappa shape index (κ3) is 3.15. The number of rotatable bonds is 3. The molecule has 4 heteroatoms. The lowest BCUT2D eigenvalue weighted by molar-refractivity contribution is 0.627. The molecule has 0 atom stereocenters. The second-order valence-electron chi connectivity index (χ2n) is 4.62. The highest BCUT2D eigenvalue weighted by atomic mass is 32.1. The maximum absolute atomic E-state index is 12.9. The highest BCUT2D eigenvalue weighted by Gasteiger charge is 2.06. The van der Waals surface area contributed by atoms with E-state index in [1.54, 1.807) is 29.5 Å². The maximum atomic E-state index is 12.9. The van der Waals surface area contributed by atoms with Crippen molar-refractivity contribution in [2.75, 3.05) is 0 Å². The van der Waals surface area contributed by atoms with Gasteiger partial charge in [0.15, 0.2) is 0 Å². The number of benzene rings is 2. The van der Waals surface area contributed by atoms with Crippen LogP contribution in [0, 0.1) is 17.1 Å². The predicted molar refractivity (Wildman–Crippen MR) is 81.5 cm³/mol. The zero-order valence-electron chi connectivity index (χ0n) is 11.1. The molecule has 0 amide bonds. The van der Waals surface area contributed by atoms with Gasteiger partial charge in [0.1, 0.15) is 5.82 Å². The molecule has 2 aromatic carbocycles. The fourth-order valence-corrected chi connectivity index (χ4v) is 2.89. The van der Waals surface area contributed by atoms with Crippen molar-refractivity contribution >= 4 is 11.3 Å². The van der Waals surface area contributed by atoms with E-state index >= 15 is 0 Å². The Balaban J connectivity index is 1.83. The third-order valence-corrected chi connectivity index (χ3v) is 3.96. The molecule has 0 aliphatic heterocycles. The molecule has 21 heavy (non-hydrogen) atoms. The van der Waals surface area contributed by atoms with Crippen LogP contribution in [0.5, 0.6) is 0 Å². The van der Waals surface area contributed by atoms with Gasteiger partial charge in [-0.2, -0.15) is 5.26 Å². The first kappa shape index (κ1) is 13.5. The van der Waals surface area contributed by atoms with Gasteiger partial charge < -0.3 is 0 Å². The van der Waals surface area contributed by atoms with Crippen molar-refractivity contribution in [1.82, 2.24) is 4.98 Å². The lowest BCUT2D eigenvalue weighted by Gasteiger charge is -1.98. The van der Waals surface area contributed by atoms with Crippen LogP contribution in [0.2, 0.25) is 0 Å². The highest BCUT2D eigenvalue weighted by Crippen LogP contribution is 2.24. The Bertz CT molecular complexity index is 800. The first-order chi connectivity index (χ1) is 10.2. The molecule has 3 rings (SSSR count). The summed E-state index contributed by atoms with van der Waals surface area (Å²) in [5.41, 5.74) is 3.47. The standard InChI is InChI=1S/C17H11FN2S/c18-15-6-4-12(5-7-15)9-17-20-16(11-21-17)14-3-1-2-13(8-14)10-19/h1-8,11H,9H2. The SMILES string of the molecule is N#Cc1cccc(-c2csc(Cc3ccc(F)cc3)n2)c1. The van der Waals surface area contributed by atoms with Gasteiger partial charge in [0.2, 0.25) is 0 Å². The number of aromatic nitrogens is 1. The van der Waals surface area contributed by atoms with E-state index in [-0.39, 0.29) is 5.82 Å². The Labute approximate surface area is 126 Å². The minimum absolute atomic E-state index is 0.230. The smallest absolute Gasteiger partial charge is 0.123 e. The van der Waals surface area contributed by atoms with Crippen LogP contribution in [0.1, 0.15) is 16.1 Å². The molecule has 0 aliphatic rings. The summed E-state index contributed by atoms with van der Waals surface area (Å²) in [5.74, 6) is -0.230. The highest BCUT2D eigenvalue weighted by molar-refractivity contribution is 7.10. The summed E-state index contributed by atoms with van der Waals surface area (Å²) in [5, 5.41) is 11.9. The van der Waals surface area contributed by atoms with Crippen molar-refractivity contribution in [3.05, 3.63) is 75.9 Å². The topological polar surface area (TPSA) is 36.7 Å². The number of nitriles is 1. The fourth-order valence-electron chi connectivity index (χ4n) is 2.05. The number of hydrogen-bond donors (Lipinski definition) is 0. The third-order valence-electron chi connectivity index (χ3n) is 3.11. The second kappa shape index (κ2) is 5.86. The zero-order chi connectivity index (χ0) is 14.7. The molecule has 0 fully saturated rings. The average molecular weight is 294 g/mol.